The molecule has 1 fully saturated rings. The predicted molar refractivity (Wildman–Crippen MR) is 131 cm³/mol. The van der Waals surface area contributed by atoms with Crippen LogP contribution in [0.3, 0.4) is 0 Å². The van der Waals surface area contributed by atoms with Crippen LogP contribution in [-0.4, -0.2) is 57.6 Å². The fourth-order valence-electron chi connectivity index (χ4n) is 4.20. The molecule has 0 radical (unpaired) electrons. The summed E-state index contributed by atoms with van der Waals surface area (Å²) in [5.41, 5.74) is 0.931. The van der Waals surface area contributed by atoms with Crippen LogP contribution in [0, 0.1) is 15.5 Å². The summed E-state index contributed by atoms with van der Waals surface area (Å²) >= 11 is 0. The second kappa shape index (κ2) is 11.2. The molecule has 0 aromatic heterocycles. The molecule has 2 heterocycles. The zero-order valence-electron chi connectivity index (χ0n) is 21.4. The number of nitrogens with zero attached hydrogens (tertiary/aromatic N) is 1. The molecular weight excluding hydrogens is 491 g/mol. The number of carbonyl (C=O) groups is 1. The van der Waals surface area contributed by atoms with Crippen molar-refractivity contribution in [3.8, 4) is 0 Å². The van der Waals surface area contributed by atoms with Crippen molar-refractivity contribution in [3.05, 3.63) is 62.2 Å². The largest absolute Gasteiger partial charge is 0.454 e. The molecule has 0 amide bonds. The van der Waals surface area contributed by atoms with Gasteiger partial charge in [0.2, 0.25) is 0 Å². The number of nitro benzene ring substituents is 1. The SMILES string of the molecule is COCC(COC)OC(=O)C1=C(C)NC(C)=C(P2(=O)OCC(C)(C)CO2)C1c1cccc([N+](=O)[O-])c1. The third kappa shape index (κ3) is 6.04. The average molecular weight is 525 g/mol. The van der Waals surface area contributed by atoms with Gasteiger partial charge >= 0.3 is 13.6 Å². The summed E-state index contributed by atoms with van der Waals surface area (Å²) in [6.45, 7) is 7.79. The number of hydrogen-bond donors (Lipinski definition) is 1. The van der Waals surface area contributed by atoms with E-state index in [1.807, 2.05) is 13.8 Å². The van der Waals surface area contributed by atoms with E-state index in [-0.39, 0.29) is 48.4 Å². The highest BCUT2D eigenvalue weighted by Gasteiger charge is 2.48. The number of ether oxygens (including phenoxy) is 3. The fraction of sp³-hybridized carbons (Fsp3) is 0.542. The Balaban J connectivity index is 2.14. The number of methoxy groups -OCH3 is 2. The van der Waals surface area contributed by atoms with Gasteiger partial charge in [-0.3, -0.25) is 14.7 Å². The van der Waals surface area contributed by atoms with Crippen molar-refractivity contribution in [1.29, 1.82) is 0 Å². The minimum absolute atomic E-state index is 0.0995. The Labute approximate surface area is 210 Å². The number of rotatable bonds is 9. The molecule has 1 N–H and O–H groups in total. The summed E-state index contributed by atoms with van der Waals surface area (Å²) in [7, 11) is -0.940. The summed E-state index contributed by atoms with van der Waals surface area (Å²) in [5, 5.41) is 14.9. The molecule has 12 heteroatoms. The van der Waals surface area contributed by atoms with E-state index in [2.05, 4.69) is 5.32 Å². The third-order valence-electron chi connectivity index (χ3n) is 5.88. The Kier molecular flexibility index (Phi) is 8.74. The number of non-ortho nitro benzene ring substituents is 1. The summed E-state index contributed by atoms with van der Waals surface area (Å²) < 4.78 is 41.7. The zero-order valence-corrected chi connectivity index (χ0v) is 22.3. The van der Waals surface area contributed by atoms with Crippen molar-refractivity contribution in [1.82, 2.24) is 5.32 Å². The molecule has 1 aromatic carbocycles. The summed E-state index contributed by atoms with van der Waals surface area (Å²) in [6, 6.07) is 5.85. The molecule has 0 spiro atoms. The van der Waals surface area contributed by atoms with E-state index in [0.29, 0.717) is 17.0 Å². The molecule has 36 heavy (non-hydrogen) atoms. The van der Waals surface area contributed by atoms with E-state index in [1.54, 1.807) is 19.9 Å². The molecule has 0 bridgehead atoms. The number of benzene rings is 1. The highest BCUT2D eigenvalue weighted by Crippen LogP contribution is 2.66. The molecule has 2 aliphatic heterocycles. The maximum atomic E-state index is 14.1. The first kappa shape index (κ1) is 28.0. The van der Waals surface area contributed by atoms with Crippen LogP contribution in [0.1, 0.15) is 39.2 Å². The van der Waals surface area contributed by atoms with Crippen LogP contribution in [0.2, 0.25) is 0 Å². The average Bonchev–Trinajstić information content (AvgIpc) is 2.81. The van der Waals surface area contributed by atoms with Crippen molar-refractivity contribution in [2.24, 2.45) is 5.41 Å². The predicted octanol–water partition coefficient (Wildman–Crippen LogP) is 4.26. The smallest absolute Gasteiger partial charge is 0.360 e. The highest BCUT2D eigenvalue weighted by molar-refractivity contribution is 7.58. The second-order valence-electron chi connectivity index (χ2n) is 9.61. The molecule has 198 valence electrons. The number of hydrogen-bond acceptors (Lipinski definition) is 10. The summed E-state index contributed by atoms with van der Waals surface area (Å²) in [4.78, 5) is 24.6. The maximum absolute atomic E-state index is 14.1. The van der Waals surface area contributed by atoms with Gasteiger partial charge in [-0.2, -0.15) is 0 Å². The van der Waals surface area contributed by atoms with Crippen LogP contribution in [0.25, 0.3) is 0 Å². The number of esters is 1. The monoisotopic (exact) mass is 524 g/mol. The van der Waals surface area contributed by atoms with Crippen molar-refractivity contribution >= 4 is 19.3 Å². The van der Waals surface area contributed by atoms with Crippen LogP contribution in [0.4, 0.5) is 5.69 Å². The standard InChI is InChI=1S/C24H33N2O9P/c1-15-20(23(27)35-19(11-31-5)12-32-6)21(17-8-7-9-18(10-17)26(28)29)22(16(2)25-15)36(30)33-13-24(3,4)14-34-36/h7-10,19,21,25H,11-14H2,1-6H3. The quantitative estimate of drug-likeness (QED) is 0.216. The normalized spacial score (nSPS) is 21.4. The molecule has 1 atom stereocenters. The number of dihydropyridines is 1. The van der Waals surface area contributed by atoms with Crippen LogP contribution in [0.15, 0.2) is 46.5 Å². The van der Waals surface area contributed by atoms with Gasteiger partial charge in [0.1, 0.15) is 6.10 Å². The van der Waals surface area contributed by atoms with Crippen molar-refractivity contribution in [3.63, 3.8) is 0 Å². The molecular formula is C24H33N2O9P. The molecule has 1 unspecified atom stereocenters. The Hall–Kier alpha value is -2.56. The number of nitrogens with one attached hydrogen (secondary N) is 1. The minimum atomic E-state index is -3.89. The lowest BCUT2D eigenvalue weighted by molar-refractivity contribution is -0.384. The van der Waals surface area contributed by atoms with Gasteiger partial charge in [-0.15, -0.1) is 0 Å². The first-order chi connectivity index (χ1) is 16.9. The van der Waals surface area contributed by atoms with Gasteiger partial charge in [-0.05, 0) is 19.4 Å². The van der Waals surface area contributed by atoms with Crippen molar-refractivity contribution < 1.29 is 37.5 Å². The first-order valence-corrected chi connectivity index (χ1v) is 13.0. The lowest BCUT2D eigenvalue weighted by Crippen LogP contribution is -2.35. The minimum Gasteiger partial charge on any atom is -0.454 e. The van der Waals surface area contributed by atoms with E-state index in [1.165, 1.54) is 32.4 Å². The van der Waals surface area contributed by atoms with Gasteiger partial charge in [0.15, 0.2) is 0 Å². The second-order valence-corrected chi connectivity index (χ2v) is 11.6. The highest BCUT2D eigenvalue weighted by atomic mass is 31.2. The molecule has 1 saturated heterocycles. The third-order valence-corrected chi connectivity index (χ3v) is 8.01. The number of carbonyl (C=O) groups excluding carboxylic acids is 1. The number of nitro groups is 1. The molecule has 0 saturated carbocycles. The van der Waals surface area contributed by atoms with Crippen LogP contribution < -0.4 is 5.32 Å². The van der Waals surface area contributed by atoms with Crippen molar-refractivity contribution in [2.45, 2.75) is 39.7 Å². The van der Waals surface area contributed by atoms with Crippen LogP contribution in [0.5, 0.6) is 0 Å². The summed E-state index contributed by atoms with van der Waals surface area (Å²) in [6.07, 6.45) is -0.701. The Morgan fingerprint density at radius 1 is 1.19 bits per heavy atom. The lowest BCUT2D eigenvalue weighted by Gasteiger charge is -2.39. The molecule has 2 aliphatic rings. The molecule has 3 rings (SSSR count). The molecule has 11 nitrogen and oxygen atoms in total. The Bertz CT molecular complexity index is 1110. The van der Waals surface area contributed by atoms with Crippen LogP contribution >= 0.6 is 7.60 Å². The topological polar surface area (TPSA) is 135 Å². The van der Waals surface area contributed by atoms with E-state index in [9.17, 15) is 19.5 Å². The molecule has 0 aliphatic carbocycles. The summed E-state index contributed by atoms with van der Waals surface area (Å²) in [5.74, 6) is -1.68. The van der Waals surface area contributed by atoms with Gasteiger partial charge in [-0.25, -0.2) is 4.79 Å². The van der Waals surface area contributed by atoms with E-state index >= 15 is 0 Å². The fourth-order valence-corrected chi connectivity index (χ4v) is 6.65. The van der Waals surface area contributed by atoms with Crippen molar-refractivity contribution in [2.75, 3.05) is 40.6 Å². The van der Waals surface area contributed by atoms with Crippen LogP contribution in [-0.2, 0) is 32.6 Å². The zero-order chi connectivity index (χ0) is 26.7. The Morgan fingerprint density at radius 3 is 2.36 bits per heavy atom. The van der Waals surface area contributed by atoms with E-state index in [0.717, 1.165) is 0 Å². The van der Waals surface area contributed by atoms with Gasteiger partial charge in [0, 0.05) is 43.2 Å². The first-order valence-electron chi connectivity index (χ1n) is 11.4. The maximum Gasteiger partial charge on any atom is 0.360 e. The lowest BCUT2D eigenvalue weighted by atomic mass is 9.86. The van der Waals surface area contributed by atoms with Gasteiger partial charge in [0.25, 0.3) is 5.69 Å². The molecule has 1 aromatic rings. The van der Waals surface area contributed by atoms with Gasteiger partial charge < -0.3 is 28.6 Å². The van der Waals surface area contributed by atoms with Gasteiger partial charge in [0.05, 0.1) is 48.2 Å². The number of allylic oxidation sites excluding steroid dienone is 3. The van der Waals surface area contributed by atoms with E-state index < -0.39 is 30.5 Å². The van der Waals surface area contributed by atoms with E-state index in [4.69, 9.17) is 23.3 Å². The Morgan fingerprint density at radius 2 is 1.81 bits per heavy atom. The van der Waals surface area contributed by atoms with Gasteiger partial charge in [-0.1, -0.05) is 26.0 Å².